The van der Waals surface area contributed by atoms with Crippen molar-refractivity contribution in [1.82, 2.24) is 4.90 Å². The molecule has 2 aromatic rings. The number of nitrogens with zero attached hydrogens (tertiary/aromatic N) is 1. The minimum absolute atomic E-state index is 0.173. The molecule has 0 radical (unpaired) electrons. The van der Waals surface area contributed by atoms with Crippen LogP contribution in [0.3, 0.4) is 0 Å². The Morgan fingerprint density at radius 2 is 1.55 bits per heavy atom. The quantitative estimate of drug-likeness (QED) is 0.888. The summed E-state index contributed by atoms with van der Waals surface area (Å²) < 4.78 is 0. The molecule has 1 aliphatic rings. The minimum Gasteiger partial charge on any atom is -0.374 e. The Bertz CT molecular complexity index is 621. The number of carbonyl (C=O) groups is 1. The first-order valence-corrected chi connectivity index (χ1v) is 7.76. The Morgan fingerprint density at radius 3 is 2.27 bits per heavy atom. The number of rotatable bonds is 5. The summed E-state index contributed by atoms with van der Waals surface area (Å²) in [5, 5.41) is 6.63. The summed E-state index contributed by atoms with van der Waals surface area (Å²) in [6, 6.07) is 18.0. The van der Waals surface area contributed by atoms with Crippen molar-refractivity contribution in [3.05, 3.63) is 54.6 Å². The number of para-hydroxylation sites is 3. The maximum atomic E-state index is 12.1. The van der Waals surface area contributed by atoms with Crippen molar-refractivity contribution in [2.24, 2.45) is 0 Å². The third-order valence-corrected chi connectivity index (χ3v) is 3.87. The molecule has 114 valence electrons. The monoisotopic (exact) mass is 295 g/mol. The summed E-state index contributed by atoms with van der Waals surface area (Å²) in [4.78, 5) is 14.1. The highest BCUT2D eigenvalue weighted by molar-refractivity contribution is 5.83. The standard InChI is InChI=1S/C18H21N3O/c22-18(21-12-6-7-13-21)14-19-16-10-4-5-11-17(16)20-15-8-2-1-3-9-15/h1-5,8-11,19-20H,6-7,12-14H2. The van der Waals surface area contributed by atoms with Crippen LogP contribution in [0.1, 0.15) is 12.8 Å². The number of hydrogen-bond donors (Lipinski definition) is 2. The van der Waals surface area contributed by atoms with Crippen LogP contribution in [0.5, 0.6) is 0 Å². The first kappa shape index (κ1) is 14.4. The van der Waals surface area contributed by atoms with E-state index in [1.165, 1.54) is 0 Å². The van der Waals surface area contributed by atoms with Crippen molar-refractivity contribution < 1.29 is 4.79 Å². The molecule has 3 rings (SSSR count). The number of likely N-dealkylation sites (tertiary alicyclic amines) is 1. The molecule has 4 heteroatoms. The van der Waals surface area contributed by atoms with Gasteiger partial charge in [0.05, 0.1) is 17.9 Å². The average Bonchev–Trinajstić information content (AvgIpc) is 3.09. The summed E-state index contributed by atoms with van der Waals surface area (Å²) in [7, 11) is 0. The zero-order valence-electron chi connectivity index (χ0n) is 12.6. The number of carbonyl (C=O) groups excluding carboxylic acids is 1. The van der Waals surface area contributed by atoms with Gasteiger partial charge in [-0.05, 0) is 37.1 Å². The van der Waals surface area contributed by atoms with E-state index in [9.17, 15) is 4.79 Å². The SMILES string of the molecule is O=C(CNc1ccccc1Nc1ccccc1)N1CCCC1. The van der Waals surface area contributed by atoms with Crippen molar-refractivity contribution in [3.63, 3.8) is 0 Å². The molecule has 1 fully saturated rings. The van der Waals surface area contributed by atoms with Gasteiger partial charge in [0, 0.05) is 18.8 Å². The third kappa shape index (κ3) is 3.58. The van der Waals surface area contributed by atoms with Crippen LogP contribution in [0, 0.1) is 0 Å². The second-order valence-corrected chi connectivity index (χ2v) is 5.48. The van der Waals surface area contributed by atoms with E-state index in [0.717, 1.165) is 43.0 Å². The molecule has 1 amide bonds. The fraction of sp³-hybridized carbons (Fsp3) is 0.278. The molecular formula is C18H21N3O. The van der Waals surface area contributed by atoms with Crippen molar-refractivity contribution >= 4 is 23.0 Å². The molecule has 2 N–H and O–H groups in total. The fourth-order valence-corrected chi connectivity index (χ4v) is 2.67. The molecule has 0 bridgehead atoms. The zero-order valence-corrected chi connectivity index (χ0v) is 12.6. The van der Waals surface area contributed by atoms with Crippen LogP contribution in [0.15, 0.2) is 54.6 Å². The Balaban J connectivity index is 1.64. The highest BCUT2D eigenvalue weighted by atomic mass is 16.2. The Morgan fingerprint density at radius 1 is 0.909 bits per heavy atom. The molecule has 1 heterocycles. The van der Waals surface area contributed by atoms with E-state index in [-0.39, 0.29) is 5.91 Å². The molecule has 0 spiro atoms. The Labute approximate surface area is 131 Å². The van der Waals surface area contributed by atoms with Crippen LogP contribution in [0.25, 0.3) is 0 Å². The molecule has 0 aliphatic carbocycles. The second-order valence-electron chi connectivity index (χ2n) is 5.48. The van der Waals surface area contributed by atoms with Gasteiger partial charge in [-0.2, -0.15) is 0 Å². The molecule has 0 aromatic heterocycles. The molecule has 1 aliphatic heterocycles. The Hall–Kier alpha value is -2.49. The van der Waals surface area contributed by atoms with E-state index in [1.54, 1.807) is 0 Å². The molecule has 4 nitrogen and oxygen atoms in total. The second kappa shape index (κ2) is 6.98. The van der Waals surface area contributed by atoms with Gasteiger partial charge >= 0.3 is 0 Å². The maximum absolute atomic E-state index is 12.1. The van der Waals surface area contributed by atoms with Gasteiger partial charge in [0.1, 0.15) is 0 Å². The predicted molar refractivity (Wildman–Crippen MR) is 90.5 cm³/mol. The fourth-order valence-electron chi connectivity index (χ4n) is 2.67. The van der Waals surface area contributed by atoms with Crippen LogP contribution >= 0.6 is 0 Å². The first-order chi connectivity index (χ1) is 10.8. The lowest BCUT2D eigenvalue weighted by atomic mass is 10.2. The van der Waals surface area contributed by atoms with Crippen molar-refractivity contribution in [1.29, 1.82) is 0 Å². The molecule has 2 aromatic carbocycles. The van der Waals surface area contributed by atoms with Gasteiger partial charge in [-0.25, -0.2) is 0 Å². The lowest BCUT2D eigenvalue weighted by molar-refractivity contribution is -0.128. The number of anilines is 3. The van der Waals surface area contributed by atoms with Crippen LogP contribution in [0.4, 0.5) is 17.1 Å². The number of benzene rings is 2. The summed E-state index contributed by atoms with van der Waals surface area (Å²) in [5.41, 5.74) is 2.95. The molecular weight excluding hydrogens is 274 g/mol. The van der Waals surface area contributed by atoms with E-state index >= 15 is 0 Å². The van der Waals surface area contributed by atoms with Crippen LogP contribution in [-0.2, 0) is 4.79 Å². The predicted octanol–water partition coefficient (Wildman–Crippen LogP) is 3.46. The summed E-state index contributed by atoms with van der Waals surface area (Å²) in [6.45, 7) is 2.13. The Kier molecular flexibility index (Phi) is 4.59. The molecule has 0 saturated carbocycles. The zero-order chi connectivity index (χ0) is 15.2. The van der Waals surface area contributed by atoms with E-state index < -0.39 is 0 Å². The van der Waals surface area contributed by atoms with Gasteiger partial charge in [-0.15, -0.1) is 0 Å². The van der Waals surface area contributed by atoms with Crippen molar-refractivity contribution in [2.75, 3.05) is 30.3 Å². The molecule has 0 unspecified atom stereocenters. The smallest absolute Gasteiger partial charge is 0.241 e. The van der Waals surface area contributed by atoms with Crippen LogP contribution < -0.4 is 10.6 Å². The van der Waals surface area contributed by atoms with E-state index in [0.29, 0.717) is 6.54 Å². The van der Waals surface area contributed by atoms with E-state index in [1.807, 2.05) is 59.5 Å². The minimum atomic E-state index is 0.173. The van der Waals surface area contributed by atoms with Crippen LogP contribution in [0.2, 0.25) is 0 Å². The third-order valence-electron chi connectivity index (χ3n) is 3.87. The van der Waals surface area contributed by atoms with Gasteiger partial charge in [-0.3, -0.25) is 4.79 Å². The number of amides is 1. The van der Waals surface area contributed by atoms with Gasteiger partial charge in [0.25, 0.3) is 0 Å². The molecule has 0 atom stereocenters. The lowest BCUT2D eigenvalue weighted by Crippen LogP contribution is -2.33. The van der Waals surface area contributed by atoms with Gasteiger partial charge < -0.3 is 15.5 Å². The maximum Gasteiger partial charge on any atom is 0.241 e. The normalized spacial score (nSPS) is 13.9. The van der Waals surface area contributed by atoms with Crippen LogP contribution in [-0.4, -0.2) is 30.4 Å². The topological polar surface area (TPSA) is 44.4 Å². The average molecular weight is 295 g/mol. The number of hydrogen-bond acceptors (Lipinski definition) is 3. The summed E-state index contributed by atoms with van der Waals surface area (Å²) in [5.74, 6) is 0.173. The molecule has 1 saturated heterocycles. The first-order valence-electron chi connectivity index (χ1n) is 7.76. The number of nitrogens with one attached hydrogen (secondary N) is 2. The van der Waals surface area contributed by atoms with Crippen molar-refractivity contribution in [2.45, 2.75) is 12.8 Å². The van der Waals surface area contributed by atoms with Crippen molar-refractivity contribution in [3.8, 4) is 0 Å². The van der Waals surface area contributed by atoms with Gasteiger partial charge in [0.15, 0.2) is 0 Å². The highest BCUT2D eigenvalue weighted by Crippen LogP contribution is 2.25. The van der Waals surface area contributed by atoms with E-state index in [2.05, 4.69) is 10.6 Å². The van der Waals surface area contributed by atoms with Gasteiger partial charge in [0.2, 0.25) is 5.91 Å². The summed E-state index contributed by atoms with van der Waals surface area (Å²) in [6.07, 6.45) is 2.25. The largest absolute Gasteiger partial charge is 0.374 e. The van der Waals surface area contributed by atoms with Gasteiger partial charge in [-0.1, -0.05) is 30.3 Å². The lowest BCUT2D eigenvalue weighted by Gasteiger charge is -2.18. The highest BCUT2D eigenvalue weighted by Gasteiger charge is 2.17. The van der Waals surface area contributed by atoms with E-state index in [4.69, 9.17) is 0 Å². The molecule has 22 heavy (non-hydrogen) atoms. The summed E-state index contributed by atoms with van der Waals surface area (Å²) >= 11 is 0.